The van der Waals surface area contributed by atoms with E-state index >= 15 is 0 Å². The van der Waals surface area contributed by atoms with Crippen molar-refractivity contribution in [3.8, 4) is 6.07 Å². The number of nitrogens with zero attached hydrogens (tertiary/aromatic N) is 1. The Kier molecular flexibility index (Phi) is 4.63. The van der Waals surface area contributed by atoms with Crippen LogP contribution in [0.1, 0.15) is 16.7 Å². The van der Waals surface area contributed by atoms with Gasteiger partial charge in [0.15, 0.2) is 0 Å². The summed E-state index contributed by atoms with van der Waals surface area (Å²) in [6.07, 6.45) is 0. The van der Waals surface area contributed by atoms with Gasteiger partial charge in [-0.15, -0.1) is 0 Å². The highest BCUT2D eigenvalue weighted by Crippen LogP contribution is 2.17. The largest absolute Gasteiger partial charge is 0.240 e. The molecule has 0 aromatic heterocycles. The van der Waals surface area contributed by atoms with Gasteiger partial charge in [0.25, 0.3) is 0 Å². The third kappa shape index (κ3) is 3.61. The van der Waals surface area contributed by atoms with E-state index < -0.39 is 10.0 Å². The number of sulfonamides is 1. The van der Waals surface area contributed by atoms with Crippen molar-refractivity contribution in [2.24, 2.45) is 0 Å². The van der Waals surface area contributed by atoms with Crippen LogP contribution in [0.4, 0.5) is 0 Å². The van der Waals surface area contributed by atoms with Gasteiger partial charge in [0.2, 0.25) is 10.0 Å². The number of aryl methyl sites for hydroxylation is 1. The molecule has 0 bridgehead atoms. The summed E-state index contributed by atoms with van der Waals surface area (Å²) >= 11 is 5.99. The minimum atomic E-state index is -3.64. The van der Waals surface area contributed by atoms with Crippen molar-refractivity contribution in [3.05, 3.63) is 64.2 Å². The van der Waals surface area contributed by atoms with Crippen LogP contribution >= 0.6 is 11.6 Å². The topological polar surface area (TPSA) is 70.0 Å². The zero-order valence-electron chi connectivity index (χ0n) is 11.3. The number of rotatable bonds is 4. The number of benzene rings is 2. The Morgan fingerprint density at radius 3 is 2.57 bits per heavy atom. The molecule has 21 heavy (non-hydrogen) atoms. The van der Waals surface area contributed by atoms with E-state index in [1.165, 1.54) is 18.2 Å². The molecule has 0 unspecified atom stereocenters. The Labute approximate surface area is 129 Å². The van der Waals surface area contributed by atoms with Gasteiger partial charge in [0.05, 0.1) is 16.5 Å². The quantitative estimate of drug-likeness (QED) is 0.941. The summed E-state index contributed by atoms with van der Waals surface area (Å²) in [5, 5.41) is 9.38. The van der Waals surface area contributed by atoms with Crippen LogP contribution < -0.4 is 4.72 Å². The van der Waals surface area contributed by atoms with E-state index in [1.807, 2.05) is 6.07 Å². The Morgan fingerprint density at radius 2 is 1.95 bits per heavy atom. The molecule has 0 aliphatic carbocycles. The molecule has 0 fully saturated rings. The molecule has 0 heterocycles. The molecule has 0 saturated heterocycles. The highest BCUT2D eigenvalue weighted by molar-refractivity contribution is 7.89. The van der Waals surface area contributed by atoms with Crippen molar-refractivity contribution in [2.75, 3.05) is 0 Å². The van der Waals surface area contributed by atoms with E-state index in [4.69, 9.17) is 16.9 Å². The second-order valence-corrected chi connectivity index (χ2v) is 6.68. The average molecular weight is 321 g/mol. The van der Waals surface area contributed by atoms with Gasteiger partial charge in [-0.3, -0.25) is 0 Å². The summed E-state index contributed by atoms with van der Waals surface area (Å²) in [6.45, 7) is 1.81. The molecule has 4 nitrogen and oxygen atoms in total. The van der Waals surface area contributed by atoms with Crippen molar-refractivity contribution < 1.29 is 8.42 Å². The van der Waals surface area contributed by atoms with Crippen molar-refractivity contribution in [1.82, 2.24) is 4.72 Å². The third-order valence-corrected chi connectivity index (χ3v) is 4.81. The van der Waals surface area contributed by atoms with Crippen molar-refractivity contribution in [3.63, 3.8) is 0 Å². The number of hydrogen-bond acceptors (Lipinski definition) is 3. The summed E-state index contributed by atoms with van der Waals surface area (Å²) in [5.74, 6) is 0. The fourth-order valence-electron chi connectivity index (χ4n) is 1.83. The van der Waals surface area contributed by atoms with Gasteiger partial charge in [-0.25, -0.2) is 13.1 Å². The highest BCUT2D eigenvalue weighted by Gasteiger charge is 2.15. The average Bonchev–Trinajstić information content (AvgIpc) is 2.46. The summed E-state index contributed by atoms with van der Waals surface area (Å²) in [5.41, 5.74) is 1.78. The SMILES string of the molecule is Cc1cc(S(=O)(=O)NCc2ccccc2Cl)ccc1C#N. The molecular weight excluding hydrogens is 308 g/mol. The Morgan fingerprint density at radius 1 is 1.24 bits per heavy atom. The van der Waals surface area contributed by atoms with E-state index in [1.54, 1.807) is 31.2 Å². The smallest absolute Gasteiger partial charge is 0.207 e. The fourth-order valence-corrected chi connectivity index (χ4v) is 3.12. The van der Waals surface area contributed by atoms with Crippen LogP contribution in [-0.4, -0.2) is 8.42 Å². The molecular formula is C15H13ClN2O2S. The van der Waals surface area contributed by atoms with E-state index in [9.17, 15) is 8.42 Å². The first-order chi connectivity index (χ1) is 9.94. The van der Waals surface area contributed by atoms with Crippen molar-refractivity contribution in [1.29, 1.82) is 5.26 Å². The predicted octanol–water partition coefficient (Wildman–Crippen LogP) is 3.00. The first kappa shape index (κ1) is 15.5. The van der Waals surface area contributed by atoms with Crippen molar-refractivity contribution in [2.45, 2.75) is 18.4 Å². The molecule has 0 spiro atoms. The zero-order valence-corrected chi connectivity index (χ0v) is 12.9. The molecule has 0 amide bonds. The minimum Gasteiger partial charge on any atom is -0.207 e. The molecule has 1 N–H and O–H groups in total. The molecule has 108 valence electrons. The Hall–Kier alpha value is -1.87. The second kappa shape index (κ2) is 6.27. The molecule has 0 radical (unpaired) electrons. The summed E-state index contributed by atoms with van der Waals surface area (Å²) < 4.78 is 27.0. The first-order valence-electron chi connectivity index (χ1n) is 6.18. The lowest BCUT2D eigenvalue weighted by molar-refractivity contribution is 0.581. The van der Waals surface area contributed by atoms with Crippen LogP contribution in [-0.2, 0) is 16.6 Å². The maximum absolute atomic E-state index is 12.2. The van der Waals surface area contributed by atoms with E-state index in [0.29, 0.717) is 21.7 Å². The monoisotopic (exact) mass is 320 g/mol. The third-order valence-electron chi connectivity index (χ3n) is 3.04. The maximum Gasteiger partial charge on any atom is 0.240 e. The van der Waals surface area contributed by atoms with Gasteiger partial charge in [-0.2, -0.15) is 5.26 Å². The molecule has 2 aromatic carbocycles. The lowest BCUT2D eigenvalue weighted by Gasteiger charge is -2.09. The Balaban J connectivity index is 2.21. The summed E-state index contributed by atoms with van der Waals surface area (Å²) in [4.78, 5) is 0.131. The first-order valence-corrected chi connectivity index (χ1v) is 8.04. The van der Waals surface area contributed by atoms with Gasteiger partial charge < -0.3 is 0 Å². The van der Waals surface area contributed by atoms with Gasteiger partial charge in [0.1, 0.15) is 0 Å². The normalized spacial score (nSPS) is 11.1. The van der Waals surface area contributed by atoms with Gasteiger partial charge in [0, 0.05) is 11.6 Å². The number of halogens is 1. The molecule has 6 heteroatoms. The van der Waals surface area contributed by atoms with Crippen LogP contribution in [0.15, 0.2) is 47.4 Å². The molecule has 0 saturated carbocycles. The number of hydrogen-bond donors (Lipinski definition) is 1. The van der Waals surface area contributed by atoms with Crippen molar-refractivity contribution >= 4 is 21.6 Å². The number of nitrogens with one attached hydrogen (secondary N) is 1. The summed E-state index contributed by atoms with van der Waals surface area (Å²) in [6, 6.07) is 13.4. The molecule has 2 aromatic rings. The number of nitriles is 1. The van der Waals surface area contributed by atoms with Crippen LogP contribution in [0, 0.1) is 18.3 Å². The summed E-state index contributed by atoms with van der Waals surface area (Å²) in [7, 11) is -3.64. The lowest BCUT2D eigenvalue weighted by Crippen LogP contribution is -2.23. The second-order valence-electron chi connectivity index (χ2n) is 4.50. The minimum absolute atomic E-state index is 0.112. The standard InChI is InChI=1S/C15H13ClN2O2S/c1-11-8-14(7-6-12(11)9-17)21(19,20)18-10-13-4-2-3-5-15(13)16/h2-8,18H,10H2,1H3. The maximum atomic E-state index is 12.2. The van der Waals surface area contributed by atoms with Crippen LogP contribution in [0.25, 0.3) is 0 Å². The van der Waals surface area contributed by atoms with Gasteiger partial charge in [-0.1, -0.05) is 29.8 Å². The molecule has 0 aliphatic rings. The molecule has 0 atom stereocenters. The van der Waals surface area contributed by atoms with E-state index in [2.05, 4.69) is 4.72 Å². The van der Waals surface area contributed by atoms with Crippen LogP contribution in [0.3, 0.4) is 0 Å². The van der Waals surface area contributed by atoms with Gasteiger partial charge in [-0.05, 0) is 42.3 Å². The fraction of sp³-hybridized carbons (Fsp3) is 0.133. The highest BCUT2D eigenvalue weighted by atomic mass is 35.5. The lowest BCUT2D eigenvalue weighted by atomic mass is 10.1. The van der Waals surface area contributed by atoms with Crippen LogP contribution in [0.5, 0.6) is 0 Å². The molecule has 0 aliphatic heterocycles. The molecule has 2 rings (SSSR count). The Bertz CT molecular complexity index is 811. The van der Waals surface area contributed by atoms with Crippen LogP contribution in [0.2, 0.25) is 5.02 Å². The zero-order chi connectivity index (χ0) is 15.5. The predicted molar refractivity (Wildman–Crippen MR) is 81.4 cm³/mol. The van der Waals surface area contributed by atoms with E-state index in [-0.39, 0.29) is 11.4 Å². The van der Waals surface area contributed by atoms with E-state index in [0.717, 1.165) is 0 Å². The van der Waals surface area contributed by atoms with Gasteiger partial charge >= 0.3 is 0 Å².